The molecule has 0 saturated carbocycles. The number of para-hydroxylation sites is 1. The summed E-state index contributed by atoms with van der Waals surface area (Å²) in [5.41, 5.74) is 2.79. The van der Waals surface area contributed by atoms with Gasteiger partial charge in [0, 0.05) is 23.5 Å². The first-order valence-corrected chi connectivity index (χ1v) is 8.27. The highest BCUT2D eigenvalue weighted by Crippen LogP contribution is 2.19. The van der Waals surface area contributed by atoms with Crippen molar-refractivity contribution in [2.24, 2.45) is 0 Å². The van der Waals surface area contributed by atoms with E-state index < -0.39 is 17.9 Å². The topological polar surface area (TPSA) is 94.2 Å². The van der Waals surface area contributed by atoms with Crippen molar-refractivity contribution in [2.45, 2.75) is 19.4 Å². The molecule has 0 saturated heterocycles. The third kappa shape index (κ3) is 4.22. The maximum Gasteiger partial charge on any atom is 0.258 e. The van der Waals surface area contributed by atoms with Gasteiger partial charge in [0.2, 0.25) is 0 Å². The number of aliphatic carboxylic acids is 1. The molecule has 0 aliphatic heterocycles. The van der Waals surface area contributed by atoms with E-state index in [9.17, 15) is 14.7 Å². The summed E-state index contributed by atoms with van der Waals surface area (Å²) in [6.07, 6.45) is 1.87. The number of fused-ring (bicyclic) bond motifs is 1. The summed E-state index contributed by atoms with van der Waals surface area (Å²) < 4.78 is 5.38. The predicted octanol–water partition coefficient (Wildman–Crippen LogP) is 1.33. The summed E-state index contributed by atoms with van der Waals surface area (Å²) >= 11 is 0. The SMILES string of the molecule is Cc1ccc(OCC(=O)NC(Cc2c[nH]c3ccccc23)C(=O)[O-])cc1. The van der Waals surface area contributed by atoms with Crippen LogP contribution in [0.5, 0.6) is 5.75 Å². The molecule has 134 valence electrons. The highest BCUT2D eigenvalue weighted by atomic mass is 16.5. The number of H-pyrrole nitrogens is 1. The number of benzene rings is 2. The first-order chi connectivity index (χ1) is 12.5. The molecule has 0 spiro atoms. The smallest absolute Gasteiger partial charge is 0.258 e. The number of ether oxygens (including phenoxy) is 1. The van der Waals surface area contributed by atoms with E-state index in [0.717, 1.165) is 22.0 Å². The summed E-state index contributed by atoms with van der Waals surface area (Å²) in [5.74, 6) is -1.30. The number of hydrogen-bond donors (Lipinski definition) is 2. The van der Waals surface area contributed by atoms with Gasteiger partial charge in [0.05, 0.1) is 12.0 Å². The van der Waals surface area contributed by atoms with E-state index in [0.29, 0.717) is 5.75 Å². The Balaban J connectivity index is 1.62. The third-order valence-corrected chi connectivity index (χ3v) is 4.11. The van der Waals surface area contributed by atoms with Gasteiger partial charge in [-0.05, 0) is 30.7 Å². The van der Waals surface area contributed by atoms with Gasteiger partial charge in [-0.1, -0.05) is 35.9 Å². The number of carboxylic acid groups (broad SMARTS) is 1. The van der Waals surface area contributed by atoms with E-state index in [-0.39, 0.29) is 13.0 Å². The van der Waals surface area contributed by atoms with Crippen molar-refractivity contribution < 1.29 is 19.4 Å². The van der Waals surface area contributed by atoms with Gasteiger partial charge < -0.3 is 24.9 Å². The highest BCUT2D eigenvalue weighted by Gasteiger charge is 2.16. The Bertz CT molecular complexity index is 915. The number of carboxylic acids is 1. The zero-order valence-electron chi connectivity index (χ0n) is 14.3. The Morgan fingerprint density at radius 2 is 1.88 bits per heavy atom. The van der Waals surface area contributed by atoms with Gasteiger partial charge in [-0.3, -0.25) is 4.79 Å². The van der Waals surface area contributed by atoms with Crippen LogP contribution in [0, 0.1) is 6.92 Å². The quantitative estimate of drug-likeness (QED) is 0.671. The number of aryl methyl sites for hydroxylation is 1. The first kappa shape index (κ1) is 17.5. The molecule has 0 fully saturated rings. The van der Waals surface area contributed by atoms with Crippen LogP contribution in [-0.4, -0.2) is 29.5 Å². The molecular formula is C20H19N2O4-. The van der Waals surface area contributed by atoms with Crippen molar-refractivity contribution in [3.63, 3.8) is 0 Å². The molecule has 0 aliphatic rings. The number of amides is 1. The van der Waals surface area contributed by atoms with Crippen molar-refractivity contribution in [3.05, 3.63) is 65.9 Å². The Morgan fingerprint density at radius 3 is 2.62 bits per heavy atom. The second-order valence-corrected chi connectivity index (χ2v) is 6.10. The molecule has 1 amide bonds. The van der Waals surface area contributed by atoms with Crippen LogP contribution in [-0.2, 0) is 16.0 Å². The predicted molar refractivity (Wildman–Crippen MR) is 95.6 cm³/mol. The Hall–Kier alpha value is -3.28. The van der Waals surface area contributed by atoms with Crippen molar-refractivity contribution in [3.8, 4) is 5.75 Å². The van der Waals surface area contributed by atoms with Crippen molar-refractivity contribution in [2.75, 3.05) is 6.61 Å². The molecule has 1 atom stereocenters. The molecule has 1 unspecified atom stereocenters. The van der Waals surface area contributed by atoms with E-state index in [4.69, 9.17) is 4.74 Å². The molecule has 0 aliphatic carbocycles. The van der Waals surface area contributed by atoms with Crippen LogP contribution in [0.25, 0.3) is 10.9 Å². The number of hydrogen-bond acceptors (Lipinski definition) is 4. The monoisotopic (exact) mass is 351 g/mol. The Labute approximate surface area is 150 Å². The van der Waals surface area contributed by atoms with Crippen LogP contribution in [0.3, 0.4) is 0 Å². The average Bonchev–Trinajstić information content (AvgIpc) is 3.04. The summed E-state index contributed by atoms with van der Waals surface area (Å²) in [6, 6.07) is 13.7. The summed E-state index contributed by atoms with van der Waals surface area (Å²) in [4.78, 5) is 26.6. The first-order valence-electron chi connectivity index (χ1n) is 8.27. The Kier molecular flexibility index (Phi) is 5.22. The molecule has 3 rings (SSSR count). The van der Waals surface area contributed by atoms with Crippen LogP contribution in [0.1, 0.15) is 11.1 Å². The Morgan fingerprint density at radius 1 is 1.15 bits per heavy atom. The fourth-order valence-corrected chi connectivity index (χ4v) is 2.73. The fraction of sp³-hybridized carbons (Fsp3) is 0.200. The van der Waals surface area contributed by atoms with Gasteiger partial charge >= 0.3 is 0 Å². The summed E-state index contributed by atoms with van der Waals surface area (Å²) in [6.45, 7) is 1.69. The van der Waals surface area contributed by atoms with E-state index in [2.05, 4.69) is 10.3 Å². The number of carbonyl (C=O) groups is 2. The largest absolute Gasteiger partial charge is 0.548 e. The van der Waals surface area contributed by atoms with E-state index in [1.807, 2.05) is 43.3 Å². The van der Waals surface area contributed by atoms with E-state index >= 15 is 0 Å². The molecule has 6 nitrogen and oxygen atoms in total. The lowest BCUT2D eigenvalue weighted by atomic mass is 10.1. The third-order valence-electron chi connectivity index (χ3n) is 4.11. The molecule has 26 heavy (non-hydrogen) atoms. The number of rotatable bonds is 7. The minimum Gasteiger partial charge on any atom is -0.548 e. The normalized spacial score (nSPS) is 11.9. The standard InChI is InChI=1S/C20H20N2O4/c1-13-6-8-15(9-7-13)26-12-19(23)22-18(20(24)25)10-14-11-21-17-5-3-2-4-16(14)17/h2-9,11,18,21H,10,12H2,1H3,(H,22,23)(H,24,25)/p-1. The average molecular weight is 351 g/mol. The molecule has 1 heterocycles. The van der Waals surface area contributed by atoms with Crippen molar-refractivity contribution >= 4 is 22.8 Å². The van der Waals surface area contributed by atoms with Gasteiger partial charge in [0.1, 0.15) is 5.75 Å². The number of nitrogens with one attached hydrogen (secondary N) is 2. The van der Waals surface area contributed by atoms with Gasteiger partial charge in [-0.2, -0.15) is 0 Å². The number of aromatic amines is 1. The summed E-state index contributed by atoms with van der Waals surface area (Å²) in [5, 5.41) is 14.8. The van der Waals surface area contributed by atoms with Crippen LogP contribution >= 0.6 is 0 Å². The lowest BCUT2D eigenvalue weighted by Gasteiger charge is -2.19. The van der Waals surface area contributed by atoms with Crippen LogP contribution in [0.15, 0.2) is 54.7 Å². The van der Waals surface area contributed by atoms with Gasteiger partial charge in [-0.15, -0.1) is 0 Å². The second kappa shape index (κ2) is 7.74. The zero-order chi connectivity index (χ0) is 18.5. The molecule has 0 radical (unpaired) electrons. The maximum absolute atomic E-state index is 12.1. The minimum atomic E-state index is -1.33. The maximum atomic E-state index is 12.1. The van der Waals surface area contributed by atoms with Gasteiger partial charge in [0.15, 0.2) is 6.61 Å². The van der Waals surface area contributed by atoms with Gasteiger partial charge in [-0.25, -0.2) is 0 Å². The lowest BCUT2D eigenvalue weighted by molar-refractivity contribution is -0.308. The lowest BCUT2D eigenvalue weighted by Crippen LogP contribution is -2.50. The molecule has 3 aromatic rings. The number of aromatic nitrogens is 1. The van der Waals surface area contributed by atoms with Crippen LogP contribution in [0.2, 0.25) is 0 Å². The molecule has 2 aromatic carbocycles. The van der Waals surface area contributed by atoms with Crippen LogP contribution in [0.4, 0.5) is 0 Å². The molecule has 0 bridgehead atoms. The van der Waals surface area contributed by atoms with Crippen LogP contribution < -0.4 is 15.2 Å². The molecule has 1 aromatic heterocycles. The van der Waals surface area contributed by atoms with E-state index in [1.165, 1.54) is 0 Å². The molecule has 6 heteroatoms. The van der Waals surface area contributed by atoms with Crippen molar-refractivity contribution in [1.82, 2.24) is 10.3 Å². The molecular weight excluding hydrogens is 332 g/mol. The molecule has 2 N–H and O–H groups in total. The van der Waals surface area contributed by atoms with E-state index in [1.54, 1.807) is 18.3 Å². The fourth-order valence-electron chi connectivity index (χ4n) is 2.73. The second-order valence-electron chi connectivity index (χ2n) is 6.10. The minimum absolute atomic E-state index is 0.128. The summed E-state index contributed by atoms with van der Waals surface area (Å²) in [7, 11) is 0. The zero-order valence-corrected chi connectivity index (χ0v) is 14.3. The highest BCUT2D eigenvalue weighted by molar-refractivity contribution is 5.86. The van der Waals surface area contributed by atoms with Gasteiger partial charge in [0.25, 0.3) is 5.91 Å². The number of carbonyl (C=O) groups excluding carboxylic acids is 2. The van der Waals surface area contributed by atoms with Crippen molar-refractivity contribution in [1.29, 1.82) is 0 Å².